The van der Waals surface area contributed by atoms with Crippen molar-refractivity contribution in [1.82, 2.24) is 0 Å². The van der Waals surface area contributed by atoms with E-state index >= 15 is 0 Å². The average molecular weight is 712 g/mol. The minimum atomic E-state index is -4.27. The van der Waals surface area contributed by atoms with Crippen molar-refractivity contribution < 1.29 is 41.3 Å². The van der Waals surface area contributed by atoms with Gasteiger partial charge >= 0.3 is 5.97 Å². The van der Waals surface area contributed by atoms with E-state index in [1.165, 1.54) is 95.6 Å². The molecule has 48 heavy (non-hydrogen) atoms. The van der Waals surface area contributed by atoms with E-state index in [-0.39, 0.29) is 29.9 Å². The van der Waals surface area contributed by atoms with E-state index in [2.05, 4.69) is 28.6 Å². The largest absolute Gasteiger partial charge is 0.744 e. The standard InChI is InChI=1S/C30H54NO5S.C7H8O3S/c1-2-3-4-5-6-7-8-9-10-11-12-13-14-18-22-33-26-30-35-25-28(36-30)24-34-29(32)19-16-15-17-20-31-21-23-37-27-31;1-6-2-4-7(5-3-6)11(8,9)10/h21,23,27-28,30H,2-20,22,24-26H2,1H3;2-5H,1H3,(H,8,9,10)/q+1;/p-1. The molecule has 1 aliphatic heterocycles. The van der Waals surface area contributed by atoms with Gasteiger partial charge in [-0.15, -0.1) is 0 Å². The highest BCUT2D eigenvalue weighted by Crippen LogP contribution is 2.15. The monoisotopic (exact) mass is 711 g/mol. The number of esters is 1. The lowest BCUT2D eigenvalue weighted by molar-refractivity contribution is -0.692. The first-order chi connectivity index (χ1) is 23.3. The molecule has 2 unspecified atom stereocenters. The summed E-state index contributed by atoms with van der Waals surface area (Å²) in [5, 5.41) is 2.07. The molecule has 3 rings (SSSR count). The van der Waals surface area contributed by atoms with Crippen LogP contribution in [0.2, 0.25) is 0 Å². The quantitative estimate of drug-likeness (QED) is 0.0415. The Morgan fingerprint density at radius 1 is 0.875 bits per heavy atom. The van der Waals surface area contributed by atoms with Crippen LogP contribution in [0, 0.1) is 6.92 Å². The van der Waals surface area contributed by atoms with Crippen LogP contribution in [0.15, 0.2) is 46.2 Å². The number of nitrogens with zero attached hydrogens (tertiary/aromatic N) is 1. The summed E-state index contributed by atoms with van der Waals surface area (Å²) >= 11 is 1.70. The van der Waals surface area contributed by atoms with E-state index in [0.717, 1.165) is 44.4 Å². The Morgan fingerprint density at radius 2 is 1.48 bits per heavy atom. The predicted octanol–water partition coefficient (Wildman–Crippen LogP) is 8.28. The number of carbonyl (C=O) groups excluding carboxylic acids is 1. The molecule has 0 amide bonds. The Hall–Kier alpha value is -1.89. The van der Waals surface area contributed by atoms with Gasteiger partial charge in [-0.25, -0.2) is 8.42 Å². The number of unbranched alkanes of at least 4 members (excludes halogenated alkanes) is 15. The van der Waals surface area contributed by atoms with Crippen LogP contribution in [-0.4, -0.2) is 57.8 Å². The summed E-state index contributed by atoms with van der Waals surface area (Å²) < 4.78 is 55.9. The Balaban J connectivity index is 0.000000613. The highest BCUT2D eigenvalue weighted by atomic mass is 32.2. The Kier molecular flexibility index (Phi) is 23.7. The molecule has 0 spiro atoms. The number of aromatic nitrogens is 1. The van der Waals surface area contributed by atoms with Gasteiger partial charge in [-0.2, -0.15) is 4.57 Å². The topological polar surface area (TPSA) is 115 Å². The lowest BCUT2D eigenvalue weighted by Crippen LogP contribution is -2.29. The maximum Gasteiger partial charge on any atom is 0.305 e. The number of benzene rings is 1. The molecule has 11 heteroatoms. The Labute approximate surface area is 294 Å². The van der Waals surface area contributed by atoms with Crippen molar-refractivity contribution in [3.8, 4) is 0 Å². The van der Waals surface area contributed by atoms with Gasteiger partial charge in [0.1, 0.15) is 29.4 Å². The highest BCUT2D eigenvalue weighted by Gasteiger charge is 2.27. The van der Waals surface area contributed by atoms with E-state index in [1.807, 2.05) is 6.92 Å². The van der Waals surface area contributed by atoms with E-state index in [4.69, 9.17) is 18.9 Å². The van der Waals surface area contributed by atoms with Crippen LogP contribution in [0.4, 0.5) is 0 Å². The van der Waals surface area contributed by atoms with Crippen molar-refractivity contribution >= 4 is 27.4 Å². The average Bonchev–Trinajstić information content (AvgIpc) is 3.76. The molecule has 0 bridgehead atoms. The van der Waals surface area contributed by atoms with Gasteiger partial charge in [-0.3, -0.25) is 4.79 Å². The SMILES string of the molecule is CCCCCCCCCCCCCCCCOCC1OCC(COC(=O)CCCCC[n+]2ccsc2)O1.Cc1ccc(S(=O)(=O)[O-])cc1. The van der Waals surface area contributed by atoms with Gasteiger partial charge in [0, 0.05) is 19.4 Å². The molecule has 0 aliphatic carbocycles. The molecule has 2 atom stereocenters. The molecule has 1 aliphatic rings. The van der Waals surface area contributed by atoms with Crippen LogP contribution in [0.25, 0.3) is 0 Å². The number of hydrogen-bond donors (Lipinski definition) is 0. The summed E-state index contributed by atoms with van der Waals surface area (Å²) in [4.78, 5) is 11.8. The summed E-state index contributed by atoms with van der Waals surface area (Å²) in [7, 11) is -4.27. The third-order valence-corrected chi connectivity index (χ3v) is 9.79. The maximum absolute atomic E-state index is 12.0. The zero-order chi connectivity index (χ0) is 34.7. The van der Waals surface area contributed by atoms with Crippen LogP contribution in [0.3, 0.4) is 0 Å². The van der Waals surface area contributed by atoms with Gasteiger partial charge in [-0.1, -0.05) is 119 Å². The summed E-state index contributed by atoms with van der Waals surface area (Å²) in [6.07, 6.45) is 24.0. The number of ether oxygens (including phenoxy) is 4. The fourth-order valence-corrected chi connectivity index (χ4v) is 6.45. The first kappa shape index (κ1) is 42.3. The first-order valence-electron chi connectivity index (χ1n) is 18.2. The van der Waals surface area contributed by atoms with Crippen LogP contribution < -0.4 is 4.57 Å². The van der Waals surface area contributed by atoms with E-state index in [0.29, 0.717) is 19.6 Å². The molecule has 1 aromatic carbocycles. The molecule has 9 nitrogen and oxygen atoms in total. The highest BCUT2D eigenvalue weighted by molar-refractivity contribution is 7.85. The maximum atomic E-state index is 12.0. The lowest BCUT2D eigenvalue weighted by Gasteiger charge is -2.12. The van der Waals surface area contributed by atoms with Gasteiger partial charge in [0.2, 0.25) is 5.51 Å². The van der Waals surface area contributed by atoms with Crippen LogP contribution >= 0.6 is 11.3 Å². The van der Waals surface area contributed by atoms with Gasteiger partial charge in [-0.05, 0) is 38.3 Å². The van der Waals surface area contributed by atoms with Crippen LogP contribution in [-0.2, 0) is 40.4 Å². The molecule has 1 fully saturated rings. The molecular formula is C37H61NO8S2. The molecule has 1 aromatic heterocycles. The van der Waals surface area contributed by atoms with Gasteiger partial charge in [0.05, 0.1) is 23.5 Å². The van der Waals surface area contributed by atoms with Gasteiger partial charge in [0.15, 0.2) is 12.5 Å². The Bertz CT molecular complexity index is 1160. The summed E-state index contributed by atoms with van der Waals surface area (Å²) in [6, 6.07) is 5.78. The lowest BCUT2D eigenvalue weighted by atomic mass is 10.0. The van der Waals surface area contributed by atoms with E-state index in [9.17, 15) is 17.8 Å². The summed E-state index contributed by atoms with van der Waals surface area (Å²) in [6.45, 7) is 7.03. The van der Waals surface area contributed by atoms with Crippen molar-refractivity contribution in [2.45, 2.75) is 153 Å². The van der Waals surface area contributed by atoms with E-state index in [1.54, 1.807) is 23.5 Å². The fraction of sp³-hybridized carbons (Fsp3) is 0.730. The minimum Gasteiger partial charge on any atom is -0.744 e. The normalized spacial score (nSPS) is 16.1. The second-order valence-corrected chi connectivity index (χ2v) is 14.9. The van der Waals surface area contributed by atoms with E-state index < -0.39 is 10.1 Å². The summed E-state index contributed by atoms with van der Waals surface area (Å²) in [5.74, 6) is -0.149. The summed E-state index contributed by atoms with van der Waals surface area (Å²) in [5.41, 5.74) is 3.04. The second-order valence-electron chi connectivity index (χ2n) is 12.7. The zero-order valence-corrected chi connectivity index (χ0v) is 31.1. The van der Waals surface area contributed by atoms with Crippen LogP contribution in [0.5, 0.6) is 0 Å². The molecule has 0 N–H and O–H groups in total. The fourth-order valence-electron chi connectivity index (χ4n) is 5.35. The third-order valence-electron chi connectivity index (χ3n) is 8.27. The molecule has 0 saturated carbocycles. The van der Waals surface area contributed by atoms with Crippen molar-refractivity contribution in [1.29, 1.82) is 0 Å². The van der Waals surface area contributed by atoms with Crippen molar-refractivity contribution in [3.63, 3.8) is 0 Å². The molecular weight excluding hydrogens is 651 g/mol. The van der Waals surface area contributed by atoms with Gasteiger partial charge < -0.3 is 23.5 Å². The van der Waals surface area contributed by atoms with Crippen molar-refractivity contribution in [3.05, 3.63) is 46.9 Å². The number of rotatable bonds is 26. The smallest absolute Gasteiger partial charge is 0.305 e. The number of carbonyl (C=O) groups is 1. The molecule has 0 radical (unpaired) electrons. The third kappa shape index (κ3) is 22.0. The Morgan fingerprint density at radius 3 is 2.06 bits per heavy atom. The predicted molar refractivity (Wildman–Crippen MR) is 189 cm³/mol. The minimum absolute atomic E-state index is 0.149. The second kappa shape index (κ2) is 26.9. The number of hydrogen-bond acceptors (Lipinski definition) is 9. The molecule has 274 valence electrons. The first-order valence-corrected chi connectivity index (χ1v) is 20.6. The number of thiazole rings is 1. The molecule has 2 aromatic rings. The number of aryl methyl sites for hydroxylation is 2. The van der Waals surface area contributed by atoms with Gasteiger partial charge in [0.25, 0.3) is 0 Å². The zero-order valence-electron chi connectivity index (χ0n) is 29.5. The van der Waals surface area contributed by atoms with Crippen molar-refractivity contribution in [2.75, 3.05) is 26.4 Å². The van der Waals surface area contributed by atoms with Crippen LogP contribution in [0.1, 0.15) is 128 Å². The molecule has 2 heterocycles. The van der Waals surface area contributed by atoms with Crippen molar-refractivity contribution in [2.24, 2.45) is 0 Å². The molecule has 1 saturated heterocycles.